The van der Waals surface area contributed by atoms with Gasteiger partial charge in [-0.3, -0.25) is 9.59 Å². The average molecular weight is 779 g/mol. The zero-order valence-electron chi connectivity index (χ0n) is 36.6. The van der Waals surface area contributed by atoms with Crippen molar-refractivity contribution in [1.82, 2.24) is 0 Å². The Morgan fingerprint density at radius 3 is 1.32 bits per heavy atom. The van der Waals surface area contributed by atoms with Gasteiger partial charge in [0, 0.05) is 12.8 Å². The predicted octanol–water partition coefficient (Wildman–Crippen LogP) is 15.3. The minimum atomic E-state index is -0.581. The molecule has 5 heteroatoms. The Hall–Kier alpha value is -2.92. The molecule has 0 rings (SSSR count). The van der Waals surface area contributed by atoms with Crippen molar-refractivity contribution >= 4 is 11.9 Å². The minimum absolute atomic E-state index is 0.0459. The number of carbonyl (C=O) groups is 2. The van der Waals surface area contributed by atoms with Gasteiger partial charge in [0.05, 0.1) is 13.2 Å². The summed E-state index contributed by atoms with van der Waals surface area (Å²) in [5.74, 6) is -0.460. The zero-order valence-corrected chi connectivity index (χ0v) is 36.6. The molecular weight excluding hydrogens is 693 g/mol. The summed E-state index contributed by atoms with van der Waals surface area (Å²) in [6.07, 6.45) is 60.3. The third-order valence-electron chi connectivity index (χ3n) is 9.43. The maximum atomic E-state index is 12.7. The average Bonchev–Trinajstić information content (AvgIpc) is 3.20. The van der Waals surface area contributed by atoms with E-state index in [1.165, 1.54) is 77.0 Å². The van der Waals surface area contributed by atoms with Gasteiger partial charge in [-0.15, -0.1) is 0 Å². The van der Waals surface area contributed by atoms with Crippen LogP contribution in [0.15, 0.2) is 85.1 Å². The first-order chi connectivity index (χ1) is 27.6. The number of hydrogen-bond acceptors (Lipinski definition) is 5. The number of hydrogen-bond donors (Lipinski definition) is 0. The molecule has 5 nitrogen and oxygen atoms in total. The maximum Gasteiger partial charge on any atom is 0.306 e. The number of allylic oxidation sites excluding steroid dienone is 13. The molecular formula is C51H86O5. The molecule has 320 valence electrons. The van der Waals surface area contributed by atoms with E-state index in [-0.39, 0.29) is 25.2 Å². The lowest BCUT2D eigenvalue weighted by Crippen LogP contribution is -2.30. The molecule has 1 unspecified atom stereocenters. The fourth-order valence-corrected chi connectivity index (χ4v) is 6.01. The van der Waals surface area contributed by atoms with Crippen molar-refractivity contribution in [3.05, 3.63) is 85.1 Å². The SMILES string of the molecule is CC/C=C\C/C=C\C/C=C\C/C=C\C/C=C\CCOCC(COC(=O)CCCCCCC/C=C\C/C=C\CCCCC)OC(=O)CCCCCCCCCCC. The highest BCUT2D eigenvalue weighted by molar-refractivity contribution is 5.70. The molecule has 0 saturated heterocycles. The normalized spacial score (nSPS) is 13.0. The molecule has 0 aliphatic rings. The van der Waals surface area contributed by atoms with Crippen LogP contribution in [0.1, 0.15) is 201 Å². The lowest BCUT2D eigenvalue weighted by molar-refractivity contribution is -0.162. The fraction of sp³-hybridized carbons (Fsp3) is 0.686. The van der Waals surface area contributed by atoms with E-state index in [0.717, 1.165) is 89.9 Å². The standard InChI is InChI=1S/C51H86O5/c1-4-7-10-13-16-19-21-23-25-27-29-31-34-37-40-43-46-54-47-49(56-51(53)45-42-39-36-32-18-15-12-9-6-3)48-55-50(52)44-41-38-35-33-30-28-26-24-22-20-17-14-11-8-5-2/h7,10,16-17,19-20,23-26,29,31,37,40,49H,4-6,8-9,11-15,18,21-22,27-28,30,32-36,38-39,41-48H2,1-3H3/b10-7-,19-16-,20-17-,25-23-,26-24-,31-29-,40-37-. The van der Waals surface area contributed by atoms with Crippen molar-refractivity contribution in [3.63, 3.8) is 0 Å². The zero-order chi connectivity index (χ0) is 40.7. The van der Waals surface area contributed by atoms with Crippen LogP contribution in [0.2, 0.25) is 0 Å². The molecule has 56 heavy (non-hydrogen) atoms. The molecule has 0 aromatic heterocycles. The summed E-state index contributed by atoms with van der Waals surface area (Å²) in [7, 11) is 0. The molecule has 0 heterocycles. The van der Waals surface area contributed by atoms with Gasteiger partial charge in [0.1, 0.15) is 6.61 Å². The van der Waals surface area contributed by atoms with Crippen LogP contribution in [0.5, 0.6) is 0 Å². The summed E-state index contributed by atoms with van der Waals surface area (Å²) in [6.45, 7) is 7.44. The summed E-state index contributed by atoms with van der Waals surface area (Å²) in [5.41, 5.74) is 0. The highest BCUT2D eigenvalue weighted by atomic mass is 16.6. The fourth-order valence-electron chi connectivity index (χ4n) is 6.01. The molecule has 0 aromatic carbocycles. The van der Waals surface area contributed by atoms with E-state index in [4.69, 9.17) is 14.2 Å². The van der Waals surface area contributed by atoms with Gasteiger partial charge in [0.15, 0.2) is 6.10 Å². The molecule has 0 bridgehead atoms. The first-order valence-electron chi connectivity index (χ1n) is 23.1. The Bertz CT molecular complexity index is 1060. The van der Waals surface area contributed by atoms with Crippen molar-refractivity contribution in [2.75, 3.05) is 19.8 Å². The number of esters is 2. The van der Waals surface area contributed by atoms with Crippen LogP contribution in [0, 0.1) is 0 Å². The van der Waals surface area contributed by atoms with Crippen molar-refractivity contribution in [2.24, 2.45) is 0 Å². The number of unbranched alkanes of at least 4 members (excludes halogenated alkanes) is 16. The molecule has 0 aromatic rings. The second-order valence-corrected chi connectivity index (χ2v) is 14.9. The maximum absolute atomic E-state index is 12.7. The highest BCUT2D eigenvalue weighted by Gasteiger charge is 2.17. The van der Waals surface area contributed by atoms with Gasteiger partial charge in [-0.25, -0.2) is 0 Å². The van der Waals surface area contributed by atoms with E-state index in [9.17, 15) is 9.59 Å². The van der Waals surface area contributed by atoms with E-state index in [1.54, 1.807) is 0 Å². The van der Waals surface area contributed by atoms with Crippen LogP contribution in [0.4, 0.5) is 0 Å². The second-order valence-electron chi connectivity index (χ2n) is 14.9. The first kappa shape index (κ1) is 53.1. The highest BCUT2D eigenvalue weighted by Crippen LogP contribution is 2.13. The summed E-state index contributed by atoms with van der Waals surface area (Å²) >= 11 is 0. The smallest absolute Gasteiger partial charge is 0.306 e. The van der Waals surface area contributed by atoms with Crippen LogP contribution in [0.3, 0.4) is 0 Å². The van der Waals surface area contributed by atoms with E-state index in [0.29, 0.717) is 19.4 Å². The molecule has 0 spiro atoms. The Labute approximate surface area is 346 Å². The Morgan fingerprint density at radius 2 is 0.804 bits per heavy atom. The first-order valence-corrected chi connectivity index (χ1v) is 23.1. The van der Waals surface area contributed by atoms with E-state index < -0.39 is 6.10 Å². The Morgan fingerprint density at radius 1 is 0.411 bits per heavy atom. The Balaban J connectivity index is 4.37. The number of rotatable bonds is 41. The molecule has 1 atom stereocenters. The minimum Gasteiger partial charge on any atom is -0.462 e. The third kappa shape index (κ3) is 43.8. The molecule has 0 fully saturated rings. The van der Waals surface area contributed by atoms with Gasteiger partial charge in [-0.1, -0.05) is 189 Å². The van der Waals surface area contributed by atoms with E-state index >= 15 is 0 Å². The van der Waals surface area contributed by atoms with Crippen molar-refractivity contribution in [3.8, 4) is 0 Å². The Kier molecular flexibility index (Phi) is 44.0. The molecule has 0 radical (unpaired) electrons. The second kappa shape index (κ2) is 46.5. The summed E-state index contributed by atoms with van der Waals surface area (Å²) < 4.78 is 17.2. The van der Waals surface area contributed by atoms with Gasteiger partial charge in [-0.05, 0) is 83.5 Å². The molecule has 0 amide bonds. The monoisotopic (exact) mass is 779 g/mol. The molecule has 0 N–H and O–H groups in total. The number of carbonyl (C=O) groups excluding carboxylic acids is 2. The van der Waals surface area contributed by atoms with Gasteiger partial charge in [0.2, 0.25) is 0 Å². The van der Waals surface area contributed by atoms with Crippen molar-refractivity contribution in [2.45, 2.75) is 207 Å². The topological polar surface area (TPSA) is 61.8 Å². The van der Waals surface area contributed by atoms with Crippen LogP contribution < -0.4 is 0 Å². The molecule has 0 saturated carbocycles. The van der Waals surface area contributed by atoms with Crippen LogP contribution in [-0.4, -0.2) is 37.9 Å². The van der Waals surface area contributed by atoms with E-state index in [2.05, 4.69) is 106 Å². The van der Waals surface area contributed by atoms with Crippen molar-refractivity contribution < 1.29 is 23.8 Å². The molecule has 0 aliphatic heterocycles. The van der Waals surface area contributed by atoms with Crippen molar-refractivity contribution in [1.29, 1.82) is 0 Å². The predicted molar refractivity (Wildman–Crippen MR) is 242 cm³/mol. The van der Waals surface area contributed by atoms with Crippen LogP contribution >= 0.6 is 0 Å². The van der Waals surface area contributed by atoms with E-state index in [1.807, 2.05) is 0 Å². The summed E-state index contributed by atoms with van der Waals surface area (Å²) in [6, 6.07) is 0. The lowest BCUT2D eigenvalue weighted by atomic mass is 10.1. The third-order valence-corrected chi connectivity index (χ3v) is 9.43. The van der Waals surface area contributed by atoms with Gasteiger partial charge >= 0.3 is 11.9 Å². The van der Waals surface area contributed by atoms with Gasteiger partial charge < -0.3 is 14.2 Å². The lowest BCUT2D eigenvalue weighted by Gasteiger charge is -2.18. The molecule has 0 aliphatic carbocycles. The summed E-state index contributed by atoms with van der Waals surface area (Å²) in [4.78, 5) is 25.2. The largest absolute Gasteiger partial charge is 0.462 e. The summed E-state index contributed by atoms with van der Waals surface area (Å²) in [5, 5.41) is 0. The van der Waals surface area contributed by atoms with Gasteiger partial charge in [0.25, 0.3) is 0 Å². The van der Waals surface area contributed by atoms with Gasteiger partial charge in [-0.2, -0.15) is 0 Å². The quantitative estimate of drug-likeness (QED) is 0.0351. The number of ether oxygens (including phenoxy) is 3. The van der Waals surface area contributed by atoms with Crippen LogP contribution in [-0.2, 0) is 23.8 Å². The van der Waals surface area contributed by atoms with Crippen LogP contribution in [0.25, 0.3) is 0 Å².